The van der Waals surface area contributed by atoms with E-state index in [4.69, 9.17) is 5.73 Å². The minimum absolute atomic E-state index is 0.295. The summed E-state index contributed by atoms with van der Waals surface area (Å²) in [6.45, 7) is 3.43. The van der Waals surface area contributed by atoms with Crippen LogP contribution in [0, 0.1) is 5.92 Å². The maximum atomic E-state index is 5.86. The molecule has 0 bridgehead atoms. The average molecular weight is 228 g/mol. The van der Waals surface area contributed by atoms with Crippen molar-refractivity contribution in [1.29, 1.82) is 0 Å². The summed E-state index contributed by atoms with van der Waals surface area (Å²) in [6, 6.07) is 1.01. The molecular weight excluding hydrogens is 204 g/mol. The highest BCUT2D eigenvalue weighted by atomic mass is 32.2. The lowest BCUT2D eigenvalue weighted by atomic mass is 10.1. The van der Waals surface area contributed by atoms with Crippen LogP contribution in [-0.2, 0) is 0 Å². The number of nitrogens with zero attached hydrogens (tertiary/aromatic N) is 1. The van der Waals surface area contributed by atoms with Gasteiger partial charge in [0, 0.05) is 24.4 Å². The fraction of sp³-hybridized carbons (Fsp3) is 0.833. The van der Waals surface area contributed by atoms with E-state index in [9.17, 15) is 0 Å². The largest absolute Gasteiger partial charge is 0.324 e. The molecule has 3 heteroatoms. The molecule has 0 saturated heterocycles. The van der Waals surface area contributed by atoms with Crippen molar-refractivity contribution in [3.05, 3.63) is 12.2 Å². The van der Waals surface area contributed by atoms with Crippen LogP contribution < -0.4 is 5.73 Å². The first-order valence-corrected chi connectivity index (χ1v) is 7.19. The third kappa shape index (κ3) is 4.17. The van der Waals surface area contributed by atoms with Gasteiger partial charge in [0.2, 0.25) is 0 Å². The van der Waals surface area contributed by atoms with Crippen molar-refractivity contribution in [3.8, 4) is 0 Å². The Balaban J connectivity index is 2.33. The predicted molar refractivity (Wildman–Crippen MR) is 70.3 cm³/mol. The summed E-state index contributed by atoms with van der Waals surface area (Å²) in [7, 11) is 2.24. The number of rotatable bonds is 6. The third-order valence-corrected chi connectivity index (χ3v) is 3.90. The smallest absolute Gasteiger partial charge is 0.0229 e. The van der Waals surface area contributed by atoms with Gasteiger partial charge in [-0.2, -0.15) is 11.8 Å². The zero-order valence-corrected chi connectivity index (χ0v) is 11.0. The van der Waals surface area contributed by atoms with Gasteiger partial charge in [-0.15, -0.1) is 0 Å². The molecule has 1 aliphatic carbocycles. The second kappa shape index (κ2) is 6.56. The molecule has 0 aromatic heterocycles. The van der Waals surface area contributed by atoms with Gasteiger partial charge in [0.15, 0.2) is 0 Å². The molecule has 0 aliphatic heterocycles. The first-order chi connectivity index (χ1) is 7.17. The lowest BCUT2D eigenvalue weighted by molar-refractivity contribution is 0.230. The van der Waals surface area contributed by atoms with E-state index in [1.165, 1.54) is 12.2 Å². The molecule has 1 aliphatic rings. The lowest BCUT2D eigenvalue weighted by Gasteiger charge is -2.28. The molecule has 2 nitrogen and oxygen atoms in total. The molecule has 0 radical (unpaired) electrons. The SMILES string of the molecule is CCC(CSC)N(C)CC1C=CC(N)C1. The Labute approximate surface area is 98.3 Å². The molecular formula is C12H24N2S. The van der Waals surface area contributed by atoms with Gasteiger partial charge in [0.25, 0.3) is 0 Å². The lowest BCUT2D eigenvalue weighted by Crippen LogP contribution is -2.36. The normalized spacial score (nSPS) is 27.5. The van der Waals surface area contributed by atoms with Gasteiger partial charge in [0.05, 0.1) is 0 Å². The van der Waals surface area contributed by atoms with E-state index in [-0.39, 0.29) is 0 Å². The maximum Gasteiger partial charge on any atom is 0.0229 e. The van der Waals surface area contributed by atoms with Gasteiger partial charge in [-0.05, 0) is 32.1 Å². The van der Waals surface area contributed by atoms with Crippen LogP contribution in [0.3, 0.4) is 0 Å². The van der Waals surface area contributed by atoms with E-state index in [0.717, 1.165) is 13.0 Å². The van der Waals surface area contributed by atoms with Gasteiger partial charge >= 0.3 is 0 Å². The van der Waals surface area contributed by atoms with Crippen LogP contribution in [0.2, 0.25) is 0 Å². The fourth-order valence-corrected chi connectivity index (χ4v) is 3.09. The Hall–Kier alpha value is 0.01000. The van der Waals surface area contributed by atoms with Gasteiger partial charge in [-0.25, -0.2) is 0 Å². The molecule has 0 heterocycles. The summed E-state index contributed by atoms with van der Waals surface area (Å²) in [5, 5.41) is 0. The minimum Gasteiger partial charge on any atom is -0.324 e. The standard InChI is InChI=1S/C12H24N2S/c1-4-12(9-15-3)14(2)8-10-5-6-11(13)7-10/h5-6,10-12H,4,7-9,13H2,1-3H3. The van der Waals surface area contributed by atoms with Gasteiger partial charge < -0.3 is 10.6 Å². The van der Waals surface area contributed by atoms with Crippen LogP contribution in [0.25, 0.3) is 0 Å². The molecule has 0 saturated carbocycles. The van der Waals surface area contributed by atoms with Crippen molar-refractivity contribution in [1.82, 2.24) is 4.90 Å². The summed E-state index contributed by atoms with van der Waals surface area (Å²) in [4.78, 5) is 2.49. The Kier molecular flexibility index (Phi) is 5.72. The van der Waals surface area contributed by atoms with Crippen molar-refractivity contribution in [3.63, 3.8) is 0 Å². The van der Waals surface area contributed by atoms with E-state index < -0.39 is 0 Å². The summed E-state index contributed by atoms with van der Waals surface area (Å²) in [5.41, 5.74) is 5.86. The molecule has 0 fully saturated rings. The number of thioether (sulfide) groups is 1. The Morgan fingerprint density at radius 1 is 1.53 bits per heavy atom. The maximum absolute atomic E-state index is 5.86. The molecule has 0 aromatic rings. The van der Waals surface area contributed by atoms with Crippen molar-refractivity contribution < 1.29 is 0 Å². The third-order valence-electron chi connectivity index (χ3n) is 3.18. The zero-order valence-electron chi connectivity index (χ0n) is 10.1. The quantitative estimate of drug-likeness (QED) is 0.705. The summed E-state index contributed by atoms with van der Waals surface area (Å²) >= 11 is 1.94. The Morgan fingerprint density at radius 3 is 2.73 bits per heavy atom. The number of hydrogen-bond donors (Lipinski definition) is 1. The molecule has 3 atom stereocenters. The van der Waals surface area contributed by atoms with Gasteiger partial charge in [-0.3, -0.25) is 0 Å². The van der Waals surface area contributed by atoms with Crippen LogP contribution in [0.4, 0.5) is 0 Å². The summed E-state index contributed by atoms with van der Waals surface area (Å²) < 4.78 is 0. The predicted octanol–water partition coefficient (Wildman–Crippen LogP) is 1.96. The monoisotopic (exact) mass is 228 g/mol. The van der Waals surface area contributed by atoms with Crippen molar-refractivity contribution >= 4 is 11.8 Å². The second-order valence-electron chi connectivity index (χ2n) is 4.50. The van der Waals surface area contributed by atoms with Crippen molar-refractivity contribution in [2.45, 2.75) is 31.8 Å². The summed E-state index contributed by atoms with van der Waals surface area (Å²) in [5.74, 6) is 1.90. The summed E-state index contributed by atoms with van der Waals surface area (Å²) in [6.07, 6.45) is 8.97. The second-order valence-corrected chi connectivity index (χ2v) is 5.41. The van der Waals surface area contributed by atoms with Crippen molar-refractivity contribution in [2.24, 2.45) is 11.7 Å². The van der Waals surface area contributed by atoms with Crippen LogP contribution in [0.1, 0.15) is 19.8 Å². The van der Waals surface area contributed by atoms with E-state index >= 15 is 0 Å². The number of nitrogens with two attached hydrogens (primary N) is 1. The Morgan fingerprint density at radius 2 is 2.27 bits per heavy atom. The minimum atomic E-state index is 0.295. The fourth-order valence-electron chi connectivity index (χ4n) is 2.21. The molecule has 1 rings (SSSR count). The molecule has 2 N–H and O–H groups in total. The molecule has 0 aromatic carbocycles. The molecule has 15 heavy (non-hydrogen) atoms. The molecule has 3 unspecified atom stereocenters. The van der Waals surface area contributed by atoms with E-state index in [0.29, 0.717) is 18.0 Å². The zero-order chi connectivity index (χ0) is 11.3. The van der Waals surface area contributed by atoms with E-state index in [2.05, 4.69) is 37.3 Å². The van der Waals surface area contributed by atoms with Crippen LogP contribution in [0.15, 0.2) is 12.2 Å². The van der Waals surface area contributed by atoms with Crippen molar-refractivity contribution in [2.75, 3.05) is 25.6 Å². The Bertz CT molecular complexity index is 206. The van der Waals surface area contributed by atoms with Crippen LogP contribution in [0.5, 0.6) is 0 Å². The van der Waals surface area contributed by atoms with Gasteiger partial charge in [0.1, 0.15) is 0 Å². The first-order valence-electron chi connectivity index (χ1n) is 5.80. The first kappa shape index (κ1) is 13.1. The molecule has 0 spiro atoms. The van der Waals surface area contributed by atoms with E-state index in [1.54, 1.807) is 0 Å². The molecule has 0 amide bonds. The van der Waals surface area contributed by atoms with E-state index in [1.807, 2.05) is 11.8 Å². The topological polar surface area (TPSA) is 29.3 Å². The highest BCUT2D eigenvalue weighted by Crippen LogP contribution is 2.19. The van der Waals surface area contributed by atoms with Gasteiger partial charge in [-0.1, -0.05) is 19.1 Å². The highest BCUT2D eigenvalue weighted by Gasteiger charge is 2.20. The number of hydrogen-bond acceptors (Lipinski definition) is 3. The molecule has 88 valence electrons. The van der Waals surface area contributed by atoms with Crippen LogP contribution in [-0.4, -0.2) is 42.6 Å². The average Bonchev–Trinajstić information content (AvgIpc) is 2.60. The highest BCUT2D eigenvalue weighted by molar-refractivity contribution is 7.98. The van der Waals surface area contributed by atoms with Crippen LogP contribution >= 0.6 is 11.8 Å².